The highest BCUT2D eigenvalue weighted by atomic mass is 19.2. The zero-order valence-corrected chi connectivity index (χ0v) is 15.4. The smallest absolute Gasteiger partial charge is 0.193 e. The summed E-state index contributed by atoms with van der Waals surface area (Å²) in [6, 6.07) is 3.47. The highest BCUT2D eigenvalue weighted by molar-refractivity contribution is 5.80. The van der Waals surface area contributed by atoms with Gasteiger partial charge in [-0.25, -0.2) is 8.78 Å². The van der Waals surface area contributed by atoms with Gasteiger partial charge in [0.25, 0.3) is 0 Å². The van der Waals surface area contributed by atoms with Crippen LogP contribution in [0.1, 0.15) is 11.7 Å². The molecule has 2 aromatic rings. The van der Waals surface area contributed by atoms with Crippen LogP contribution in [0.15, 0.2) is 35.6 Å². The molecule has 1 aromatic carbocycles. The van der Waals surface area contributed by atoms with Crippen LogP contribution in [-0.2, 0) is 11.8 Å². The van der Waals surface area contributed by atoms with Gasteiger partial charge in [-0.3, -0.25) is 9.67 Å². The average Bonchev–Trinajstić information content (AvgIpc) is 3.11. The normalized spacial score (nSPS) is 17.9. The van der Waals surface area contributed by atoms with Crippen molar-refractivity contribution in [2.75, 3.05) is 39.9 Å². The first-order chi connectivity index (χ1) is 13.1. The quantitative estimate of drug-likeness (QED) is 0.487. The summed E-state index contributed by atoms with van der Waals surface area (Å²) in [6.07, 6.45) is 3.68. The van der Waals surface area contributed by atoms with E-state index in [-0.39, 0.29) is 11.9 Å². The molecule has 27 heavy (non-hydrogen) atoms. The number of aromatic nitrogens is 2. The molecule has 2 heterocycles. The highest BCUT2D eigenvalue weighted by Crippen LogP contribution is 2.21. The van der Waals surface area contributed by atoms with Gasteiger partial charge in [-0.05, 0) is 12.1 Å². The Labute approximate surface area is 156 Å². The van der Waals surface area contributed by atoms with Crippen molar-refractivity contribution >= 4 is 5.96 Å². The lowest BCUT2D eigenvalue weighted by Gasteiger charge is -2.34. The Morgan fingerprint density at radius 2 is 2.26 bits per heavy atom. The van der Waals surface area contributed by atoms with Crippen LogP contribution in [0.3, 0.4) is 0 Å². The van der Waals surface area contributed by atoms with Gasteiger partial charge in [0.1, 0.15) is 18.5 Å². The van der Waals surface area contributed by atoms with Crippen LogP contribution >= 0.6 is 0 Å². The minimum absolute atomic E-state index is 0.0653. The van der Waals surface area contributed by atoms with Gasteiger partial charge in [-0.1, -0.05) is 0 Å². The Kier molecular flexibility index (Phi) is 6.23. The third kappa shape index (κ3) is 4.94. The fourth-order valence-electron chi connectivity index (χ4n) is 2.88. The van der Waals surface area contributed by atoms with E-state index in [4.69, 9.17) is 9.47 Å². The molecule has 1 fully saturated rings. The van der Waals surface area contributed by atoms with Crippen molar-refractivity contribution in [2.45, 2.75) is 6.10 Å². The SMILES string of the molecule is CN=C(NCCOc1ccc(F)c(F)c1)N1CCOC(c2cnn(C)c2)C1. The maximum Gasteiger partial charge on any atom is 0.193 e. The van der Waals surface area contributed by atoms with Crippen molar-refractivity contribution in [1.29, 1.82) is 0 Å². The molecule has 0 saturated carbocycles. The predicted molar refractivity (Wildman–Crippen MR) is 96.7 cm³/mol. The second kappa shape index (κ2) is 8.81. The summed E-state index contributed by atoms with van der Waals surface area (Å²) in [5.74, 6) is -0.794. The third-order valence-corrected chi connectivity index (χ3v) is 4.22. The van der Waals surface area contributed by atoms with Crippen molar-refractivity contribution in [3.05, 3.63) is 47.8 Å². The summed E-state index contributed by atoms with van der Waals surface area (Å²) in [6.45, 7) is 2.74. The summed E-state index contributed by atoms with van der Waals surface area (Å²) in [5, 5.41) is 7.41. The van der Waals surface area contributed by atoms with Crippen molar-refractivity contribution in [2.24, 2.45) is 12.0 Å². The van der Waals surface area contributed by atoms with Crippen LogP contribution in [-0.4, -0.2) is 60.5 Å². The molecule has 1 atom stereocenters. The van der Waals surface area contributed by atoms with Gasteiger partial charge in [0.15, 0.2) is 17.6 Å². The second-order valence-corrected chi connectivity index (χ2v) is 6.15. The number of hydrogen-bond donors (Lipinski definition) is 1. The third-order valence-electron chi connectivity index (χ3n) is 4.22. The van der Waals surface area contributed by atoms with Gasteiger partial charge in [0, 0.05) is 38.5 Å². The topological polar surface area (TPSA) is 63.9 Å². The molecule has 1 N–H and O–H groups in total. The maximum absolute atomic E-state index is 13.2. The van der Waals surface area contributed by atoms with E-state index in [9.17, 15) is 8.78 Å². The molecule has 1 aliphatic heterocycles. The van der Waals surface area contributed by atoms with E-state index in [0.717, 1.165) is 30.2 Å². The molecule has 9 heteroatoms. The Morgan fingerprint density at radius 1 is 1.41 bits per heavy atom. The van der Waals surface area contributed by atoms with Gasteiger partial charge in [-0.2, -0.15) is 5.10 Å². The van der Waals surface area contributed by atoms with Crippen molar-refractivity contribution in [3.8, 4) is 5.75 Å². The number of rotatable bonds is 5. The first-order valence-corrected chi connectivity index (χ1v) is 8.70. The molecule has 1 aromatic heterocycles. The number of aliphatic imine (C=N–C) groups is 1. The minimum atomic E-state index is -0.925. The number of nitrogens with zero attached hydrogens (tertiary/aromatic N) is 4. The number of ether oxygens (including phenoxy) is 2. The largest absolute Gasteiger partial charge is 0.492 e. The Hall–Kier alpha value is -2.68. The monoisotopic (exact) mass is 379 g/mol. The molecule has 7 nitrogen and oxygen atoms in total. The van der Waals surface area contributed by atoms with E-state index in [1.54, 1.807) is 17.9 Å². The van der Waals surface area contributed by atoms with E-state index < -0.39 is 11.6 Å². The first kappa shape index (κ1) is 19.1. The van der Waals surface area contributed by atoms with Crippen LogP contribution in [0.5, 0.6) is 5.75 Å². The lowest BCUT2D eigenvalue weighted by Crippen LogP contribution is -2.48. The van der Waals surface area contributed by atoms with E-state index in [2.05, 4.69) is 20.3 Å². The summed E-state index contributed by atoms with van der Waals surface area (Å²) < 4.78 is 39.1. The van der Waals surface area contributed by atoms with Crippen molar-refractivity contribution < 1.29 is 18.3 Å². The van der Waals surface area contributed by atoms with Gasteiger partial charge in [0.05, 0.1) is 25.9 Å². The Morgan fingerprint density at radius 3 is 2.96 bits per heavy atom. The van der Waals surface area contributed by atoms with Crippen LogP contribution in [0.25, 0.3) is 0 Å². The number of nitrogens with one attached hydrogen (secondary N) is 1. The summed E-state index contributed by atoms with van der Waals surface area (Å²) >= 11 is 0. The zero-order chi connectivity index (χ0) is 19.2. The summed E-state index contributed by atoms with van der Waals surface area (Å²) in [4.78, 5) is 6.42. The van der Waals surface area contributed by atoms with E-state index in [1.165, 1.54) is 6.07 Å². The van der Waals surface area contributed by atoms with Crippen LogP contribution in [0.2, 0.25) is 0 Å². The number of aryl methyl sites for hydroxylation is 1. The van der Waals surface area contributed by atoms with Crippen molar-refractivity contribution in [3.63, 3.8) is 0 Å². The molecule has 0 radical (unpaired) electrons. The molecule has 3 rings (SSSR count). The van der Waals surface area contributed by atoms with Gasteiger partial charge in [0.2, 0.25) is 0 Å². The van der Waals surface area contributed by atoms with E-state index in [1.807, 2.05) is 13.2 Å². The van der Waals surface area contributed by atoms with Gasteiger partial charge < -0.3 is 19.7 Å². The molecular formula is C18H23F2N5O2. The highest BCUT2D eigenvalue weighted by Gasteiger charge is 2.25. The fourth-order valence-corrected chi connectivity index (χ4v) is 2.88. The van der Waals surface area contributed by atoms with Gasteiger partial charge >= 0.3 is 0 Å². The van der Waals surface area contributed by atoms with E-state index in [0.29, 0.717) is 26.3 Å². The molecule has 1 saturated heterocycles. The molecule has 0 bridgehead atoms. The number of benzene rings is 1. The molecule has 1 aliphatic rings. The Bertz CT molecular complexity index is 796. The number of hydrogen-bond acceptors (Lipinski definition) is 4. The molecule has 0 spiro atoms. The molecule has 0 amide bonds. The molecule has 1 unspecified atom stereocenters. The van der Waals surface area contributed by atoms with Crippen LogP contribution in [0.4, 0.5) is 8.78 Å². The molecular weight excluding hydrogens is 356 g/mol. The number of halogens is 2. The standard InChI is InChI=1S/C18H23F2N5O2/c1-21-18(22-5-7-26-14-3-4-15(19)16(20)9-14)25-6-8-27-17(12-25)13-10-23-24(2)11-13/h3-4,9-11,17H,5-8,12H2,1-2H3,(H,21,22). The van der Waals surface area contributed by atoms with E-state index >= 15 is 0 Å². The second-order valence-electron chi connectivity index (χ2n) is 6.15. The maximum atomic E-state index is 13.2. The van der Waals surface area contributed by atoms with Crippen LogP contribution in [0, 0.1) is 11.6 Å². The van der Waals surface area contributed by atoms with Crippen molar-refractivity contribution in [1.82, 2.24) is 20.0 Å². The average molecular weight is 379 g/mol. The van der Waals surface area contributed by atoms with Crippen LogP contribution < -0.4 is 10.1 Å². The Balaban J connectivity index is 1.49. The number of morpholine rings is 1. The predicted octanol–water partition coefficient (Wildman–Crippen LogP) is 1.73. The molecule has 146 valence electrons. The lowest BCUT2D eigenvalue weighted by molar-refractivity contribution is -0.00805. The summed E-state index contributed by atoms with van der Waals surface area (Å²) in [7, 11) is 3.59. The fraction of sp³-hybridized carbons (Fsp3) is 0.444. The molecule has 0 aliphatic carbocycles. The first-order valence-electron chi connectivity index (χ1n) is 8.70. The lowest BCUT2D eigenvalue weighted by atomic mass is 10.1. The van der Waals surface area contributed by atoms with Gasteiger partial charge in [-0.15, -0.1) is 0 Å². The summed E-state index contributed by atoms with van der Waals surface area (Å²) in [5.41, 5.74) is 1.03. The number of guanidine groups is 1. The zero-order valence-electron chi connectivity index (χ0n) is 15.4. The minimum Gasteiger partial charge on any atom is -0.492 e.